The Labute approximate surface area is 114 Å². The van der Waals surface area contributed by atoms with Crippen molar-refractivity contribution in [1.82, 2.24) is 0 Å². The third-order valence-corrected chi connectivity index (χ3v) is 2.64. The number of hydrogen-bond acceptors (Lipinski definition) is 4. The molecule has 0 spiro atoms. The molecule has 6 nitrogen and oxygen atoms in total. The second kappa shape index (κ2) is 6.85. The van der Waals surface area contributed by atoms with E-state index in [1.54, 1.807) is 19.2 Å². The van der Waals surface area contributed by atoms with Gasteiger partial charge in [0.25, 0.3) is 0 Å². The van der Waals surface area contributed by atoms with Crippen LogP contribution in [0.15, 0.2) is 26.8 Å². The molecule has 0 amide bonds. The molecule has 1 rings (SSSR count). The Balaban J connectivity index is 3.07. The van der Waals surface area contributed by atoms with Gasteiger partial charge in [-0.15, -0.1) is 5.10 Å². The smallest absolute Gasteiger partial charge is 0.211 e. The number of nitrogens with zero attached hydrogens (tertiary/aromatic N) is 2. The van der Waals surface area contributed by atoms with E-state index >= 15 is 0 Å². The fourth-order valence-corrected chi connectivity index (χ4v) is 1.66. The SMILES string of the molecule is CCOc1cc(Br)c(C=NN=C(N)N)cc1OC. The molecule has 0 heterocycles. The van der Waals surface area contributed by atoms with Crippen molar-refractivity contribution in [1.29, 1.82) is 0 Å². The molecule has 98 valence electrons. The van der Waals surface area contributed by atoms with Crippen molar-refractivity contribution in [2.24, 2.45) is 21.7 Å². The Bertz CT molecular complexity index is 470. The fourth-order valence-electron chi connectivity index (χ4n) is 1.24. The Kier molecular flexibility index (Phi) is 5.44. The maximum Gasteiger partial charge on any atom is 0.211 e. The summed E-state index contributed by atoms with van der Waals surface area (Å²) < 4.78 is 11.5. The monoisotopic (exact) mass is 314 g/mol. The van der Waals surface area contributed by atoms with Crippen molar-refractivity contribution < 1.29 is 9.47 Å². The molecule has 7 heteroatoms. The number of guanidine groups is 1. The minimum absolute atomic E-state index is 0.0970. The van der Waals surface area contributed by atoms with Crippen LogP contribution in [0.1, 0.15) is 12.5 Å². The third-order valence-electron chi connectivity index (χ3n) is 1.95. The molecule has 0 aliphatic carbocycles. The van der Waals surface area contributed by atoms with Gasteiger partial charge in [-0.3, -0.25) is 0 Å². The summed E-state index contributed by atoms with van der Waals surface area (Å²) in [5, 5.41) is 7.26. The number of methoxy groups -OCH3 is 1. The minimum Gasteiger partial charge on any atom is -0.493 e. The number of nitrogens with two attached hydrogens (primary N) is 2. The molecule has 18 heavy (non-hydrogen) atoms. The molecule has 0 atom stereocenters. The van der Waals surface area contributed by atoms with Gasteiger partial charge in [0.1, 0.15) is 0 Å². The second-order valence-corrected chi connectivity index (χ2v) is 4.08. The molecule has 0 saturated heterocycles. The van der Waals surface area contributed by atoms with Gasteiger partial charge in [0.05, 0.1) is 19.9 Å². The number of benzene rings is 1. The van der Waals surface area contributed by atoms with E-state index in [-0.39, 0.29) is 5.96 Å². The average molecular weight is 315 g/mol. The molecule has 0 saturated carbocycles. The van der Waals surface area contributed by atoms with E-state index in [1.165, 1.54) is 6.21 Å². The van der Waals surface area contributed by atoms with Crippen LogP contribution in [0.4, 0.5) is 0 Å². The van der Waals surface area contributed by atoms with Gasteiger partial charge < -0.3 is 20.9 Å². The Morgan fingerprint density at radius 3 is 2.67 bits per heavy atom. The fraction of sp³-hybridized carbons (Fsp3) is 0.273. The predicted octanol–water partition coefficient (Wildman–Crippen LogP) is 1.46. The summed E-state index contributed by atoms with van der Waals surface area (Å²) in [4.78, 5) is 0. The van der Waals surface area contributed by atoms with Crippen molar-refractivity contribution in [2.75, 3.05) is 13.7 Å². The highest BCUT2D eigenvalue weighted by atomic mass is 79.9. The van der Waals surface area contributed by atoms with Crippen molar-refractivity contribution in [3.05, 3.63) is 22.2 Å². The summed E-state index contributed by atoms with van der Waals surface area (Å²) in [6, 6.07) is 3.58. The lowest BCUT2D eigenvalue weighted by Gasteiger charge is -2.10. The summed E-state index contributed by atoms with van der Waals surface area (Å²) in [7, 11) is 1.57. The molecule has 1 aromatic carbocycles. The van der Waals surface area contributed by atoms with Crippen molar-refractivity contribution in [3.63, 3.8) is 0 Å². The molecule has 0 aliphatic rings. The van der Waals surface area contributed by atoms with E-state index in [0.29, 0.717) is 18.1 Å². The minimum atomic E-state index is -0.0970. The topological polar surface area (TPSA) is 95.2 Å². The van der Waals surface area contributed by atoms with Gasteiger partial charge in [-0.05, 0) is 35.0 Å². The van der Waals surface area contributed by atoms with Crippen molar-refractivity contribution >= 4 is 28.1 Å². The highest BCUT2D eigenvalue weighted by molar-refractivity contribution is 9.10. The van der Waals surface area contributed by atoms with Crippen LogP contribution in [0.5, 0.6) is 11.5 Å². The van der Waals surface area contributed by atoms with Crippen LogP contribution >= 0.6 is 15.9 Å². The third kappa shape index (κ3) is 3.92. The van der Waals surface area contributed by atoms with Gasteiger partial charge in [-0.2, -0.15) is 5.10 Å². The molecule has 0 bridgehead atoms. The number of ether oxygens (including phenoxy) is 2. The van der Waals surface area contributed by atoms with Crippen LogP contribution in [0, 0.1) is 0 Å². The molecular weight excluding hydrogens is 300 g/mol. The summed E-state index contributed by atoms with van der Waals surface area (Å²) in [6.07, 6.45) is 1.52. The lowest BCUT2D eigenvalue weighted by Crippen LogP contribution is -2.21. The lowest BCUT2D eigenvalue weighted by molar-refractivity contribution is 0.310. The standard InChI is InChI=1S/C11H15BrN4O2/c1-3-18-10-5-8(12)7(4-9(10)17-2)6-15-16-11(13)14/h4-6H,3H2,1-2H3,(H4,13,14,16). The molecular formula is C11H15BrN4O2. The highest BCUT2D eigenvalue weighted by Gasteiger charge is 2.08. The number of rotatable bonds is 5. The first-order chi connectivity index (χ1) is 8.58. The first-order valence-corrected chi connectivity index (χ1v) is 6.00. The van der Waals surface area contributed by atoms with Crippen LogP contribution < -0.4 is 20.9 Å². The van der Waals surface area contributed by atoms with Crippen molar-refractivity contribution in [3.8, 4) is 11.5 Å². The van der Waals surface area contributed by atoms with Crippen LogP contribution in [0.3, 0.4) is 0 Å². The average Bonchev–Trinajstić information content (AvgIpc) is 2.32. The first kappa shape index (κ1) is 14.3. The van der Waals surface area contributed by atoms with E-state index in [0.717, 1.165) is 10.0 Å². The Morgan fingerprint density at radius 1 is 1.39 bits per heavy atom. The normalized spacial score (nSPS) is 10.4. The molecule has 4 N–H and O–H groups in total. The Hall–Kier alpha value is -1.76. The quantitative estimate of drug-likeness (QED) is 0.488. The molecule has 0 radical (unpaired) electrons. The van der Waals surface area contributed by atoms with E-state index in [4.69, 9.17) is 20.9 Å². The van der Waals surface area contributed by atoms with E-state index in [9.17, 15) is 0 Å². The zero-order chi connectivity index (χ0) is 13.5. The molecule has 0 aromatic heterocycles. The van der Waals surface area contributed by atoms with Gasteiger partial charge >= 0.3 is 0 Å². The molecule has 0 unspecified atom stereocenters. The summed E-state index contributed by atoms with van der Waals surface area (Å²) in [6.45, 7) is 2.46. The highest BCUT2D eigenvalue weighted by Crippen LogP contribution is 2.32. The summed E-state index contributed by atoms with van der Waals surface area (Å²) >= 11 is 3.41. The Morgan fingerprint density at radius 2 is 2.11 bits per heavy atom. The molecule has 0 fully saturated rings. The maximum absolute atomic E-state index is 5.44. The maximum atomic E-state index is 5.44. The molecule has 1 aromatic rings. The lowest BCUT2D eigenvalue weighted by atomic mass is 10.2. The van der Waals surface area contributed by atoms with Crippen LogP contribution in [0.2, 0.25) is 0 Å². The number of hydrogen-bond donors (Lipinski definition) is 2. The second-order valence-electron chi connectivity index (χ2n) is 3.23. The summed E-state index contributed by atoms with van der Waals surface area (Å²) in [5.74, 6) is 1.18. The van der Waals surface area contributed by atoms with Crippen LogP contribution in [-0.2, 0) is 0 Å². The van der Waals surface area contributed by atoms with Crippen molar-refractivity contribution in [2.45, 2.75) is 6.92 Å². The van der Waals surface area contributed by atoms with Gasteiger partial charge in [-0.25, -0.2) is 0 Å². The van der Waals surface area contributed by atoms with E-state index in [1.807, 2.05) is 6.92 Å². The van der Waals surface area contributed by atoms with Gasteiger partial charge in [0, 0.05) is 10.0 Å². The van der Waals surface area contributed by atoms with E-state index in [2.05, 4.69) is 26.1 Å². The van der Waals surface area contributed by atoms with E-state index < -0.39 is 0 Å². The molecule has 0 aliphatic heterocycles. The predicted molar refractivity (Wildman–Crippen MR) is 75.3 cm³/mol. The summed E-state index contributed by atoms with van der Waals surface area (Å²) in [5.41, 5.74) is 11.1. The van der Waals surface area contributed by atoms with Crippen LogP contribution in [0.25, 0.3) is 0 Å². The largest absolute Gasteiger partial charge is 0.493 e. The van der Waals surface area contributed by atoms with Crippen LogP contribution in [-0.4, -0.2) is 25.9 Å². The number of halogens is 1. The van der Waals surface area contributed by atoms with Gasteiger partial charge in [0.2, 0.25) is 5.96 Å². The van der Waals surface area contributed by atoms with Gasteiger partial charge in [0.15, 0.2) is 11.5 Å². The first-order valence-electron chi connectivity index (χ1n) is 5.20. The zero-order valence-corrected chi connectivity index (χ0v) is 11.8. The zero-order valence-electron chi connectivity index (χ0n) is 10.2. The van der Waals surface area contributed by atoms with Gasteiger partial charge in [-0.1, -0.05) is 0 Å².